The summed E-state index contributed by atoms with van der Waals surface area (Å²) in [7, 11) is 0. The smallest absolute Gasteiger partial charge is 0.266 e. The molecule has 3 rings (SSSR count). The highest BCUT2D eigenvalue weighted by Gasteiger charge is 2.38. The number of rotatable bonds is 3. The van der Waals surface area contributed by atoms with Gasteiger partial charge >= 0.3 is 0 Å². The summed E-state index contributed by atoms with van der Waals surface area (Å²) in [6, 6.07) is 10.8. The van der Waals surface area contributed by atoms with E-state index in [4.69, 9.17) is 0 Å². The van der Waals surface area contributed by atoms with Crippen molar-refractivity contribution in [2.24, 2.45) is 0 Å². The summed E-state index contributed by atoms with van der Waals surface area (Å²) in [6.07, 6.45) is 0.715. The molecule has 1 aromatic heterocycles. The molecule has 0 atom stereocenters. The van der Waals surface area contributed by atoms with Gasteiger partial charge in [0.25, 0.3) is 5.92 Å². The molecule has 0 bridgehead atoms. The third kappa shape index (κ3) is 2.89. The number of benzene rings is 1. The van der Waals surface area contributed by atoms with E-state index >= 15 is 0 Å². The minimum Gasteiger partial charge on any atom is -0.365 e. The molecule has 0 spiro atoms. The van der Waals surface area contributed by atoms with Crippen molar-refractivity contribution < 1.29 is 8.78 Å². The molecule has 3 nitrogen and oxygen atoms in total. The third-order valence-electron chi connectivity index (χ3n) is 4.08. The number of anilines is 1. The monoisotopic (exact) mass is 304 g/mol. The largest absolute Gasteiger partial charge is 0.365 e. The van der Waals surface area contributed by atoms with Crippen LogP contribution in [0.2, 0.25) is 0 Å². The van der Waals surface area contributed by atoms with Gasteiger partial charge in [0, 0.05) is 24.7 Å². The highest BCUT2D eigenvalue weighted by atomic mass is 19.3. The van der Waals surface area contributed by atoms with E-state index in [-0.39, 0.29) is 18.5 Å². The van der Waals surface area contributed by atoms with E-state index in [1.54, 1.807) is 4.90 Å². The Hall–Kier alpha value is -2.17. The fourth-order valence-electron chi connectivity index (χ4n) is 2.85. The molecule has 116 valence electrons. The van der Waals surface area contributed by atoms with Gasteiger partial charge in [-0.2, -0.15) is 0 Å². The summed E-state index contributed by atoms with van der Waals surface area (Å²) >= 11 is 0. The molecule has 2 heterocycles. The van der Waals surface area contributed by atoms with Gasteiger partial charge in [-0.15, -0.1) is 0 Å². The molecule has 1 saturated heterocycles. The van der Waals surface area contributed by atoms with Crippen molar-refractivity contribution in [2.75, 3.05) is 18.0 Å². The molecule has 1 fully saturated rings. The van der Waals surface area contributed by atoms with E-state index in [2.05, 4.69) is 4.98 Å². The second kappa shape index (κ2) is 5.55. The van der Waals surface area contributed by atoms with Crippen LogP contribution in [-0.4, -0.2) is 24.0 Å². The van der Waals surface area contributed by atoms with Crippen LogP contribution in [0, 0.1) is 0 Å². The highest BCUT2D eigenvalue weighted by Crippen LogP contribution is 2.32. The number of alkyl halides is 2. The average molecular weight is 304 g/mol. The molecule has 0 aliphatic carbocycles. The van der Waals surface area contributed by atoms with Crippen LogP contribution >= 0.6 is 0 Å². The van der Waals surface area contributed by atoms with E-state index in [9.17, 15) is 13.6 Å². The van der Waals surface area contributed by atoms with Crippen LogP contribution in [0.4, 0.5) is 14.5 Å². The molecule has 1 aromatic carbocycles. The lowest BCUT2D eigenvalue weighted by Crippen LogP contribution is -2.24. The van der Waals surface area contributed by atoms with Crippen molar-refractivity contribution in [3.05, 3.63) is 52.3 Å². The number of aryl methyl sites for hydroxylation is 1. The fraction of sp³-hybridized carbons (Fsp3) is 0.353. The van der Waals surface area contributed by atoms with E-state index in [1.165, 1.54) is 6.07 Å². The first-order valence-electron chi connectivity index (χ1n) is 7.44. The molecule has 0 radical (unpaired) electrons. The van der Waals surface area contributed by atoms with Gasteiger partial charge in [-0.1, -0.05) is 25.1 Å². The molecule has 1 aliphatic heterocycles. The van der Waals surface area contributed by atoms with Gasteiger partial charge < -0.3 is 9.88 Å². The molecule has 0 unspecified atom stereocenters. The number of aromatic amines is 1. The fourth-order valence-corrected chi connectivity index (χ4v) is 2.85. The summed E-state index contributed by atoms with van der Waals surface area (Å²) < 4.78 is 26.6. The van der Waals surface area contributed by atoms with Crippen LogP contribution in [0.1, 0.15) is 18.9 Å². The van der Waals surface area contributed by atoms with Crippen molar-refractivity contribution >= 4 is 5.69 Å². The zero-order chi connectivity index (χ0) is 15.7. The van der Waals surface area contributed by atoms with Crippen molar-refractivity contribution in [3.8, 4) is 11.3 Å². The Morgan fingerprint density at radius 3 is 2.50 bits per heavy atom. The molecule has 0 amide bonds. The Balaban J connectivity index is 1.89. The number of nitrogens with zero attached hydrogens (tertiary/aromatic N) is 1. The van der Waals surface area contributed by atoms with Crippen molar-refractivity contribution in [3.63, 3.8) is 0 Å². The minimum absolute atomic E-state index is 0.0965. The summed E-state index contributed by atoms with van der Waals surface area (Å²) in [5.41, 5.74) is 3.39. The van der Waals surface area contributed by atoms with E-state index < -0.39 is 5.92 Å². The first-order valence-corrected chi connectivity index (χ1v) is 7.44. The molecular weight excluding hydrogens is 286 g/mol. The van der Waals surface area contributed by atoms with Crippen LogP contribution in [0.5, 0.6) is 0 Å². The predicted octanol–water partition coefficient (Wildman–Crippen LogP) is 3.45. The minimum atomic E-state index is -2.60. The second-order valence-electron chi connectivity index (χ2n) is 5.65. The Bertz CT molecular complexity index is 722. The van der Waals surface area contributed by atoms with Crippen molar-refractivity contribution in [1.29, 1.82) is 0 Å². The topological polar surface area (TPSA) is 36.1 Å². The van der Waals surface area contributed by atoms with Gasteiger partial charge in [0.1, 0.15) is 0 Å². The number of hydrogen-bond donors (Lipinski definition) is 1. The molecule has 22 heavy (non-hydrogen) atoms. The standard InChI is InChI=1S/C17H18F2N2O/c1-2-12-5-8-15(22)20-16(12)13-3-6-14(7-4-13)21-10-9-17(18,19)11-21/h3-8H,2,9-11H2,1H3,(H,20,22). The van der Waals surface area contributed by atoms with Gasteiger partial charge in [-0.05, 0) is 29.7 Å². The predicted molar refractivity (Wildman–Crippen MR) is 83.7 cm³/mol. The quantitative estimate of drug-likeness (QED) is 0.943. The Morgan fingerprint density at radius 2 is 1.91 bits per heavy atom. The number of pyridine rings is 1. The lowest BCUT2D eigenvalue weighted by atomic mass is 10.0. The number of hydrogen-bond acceptors (Lipinski definition) is 2. The summed E-state index contributed by atoms with van der Waals surface area (Å²) in [6.45, 7) is 2.17. The molecule has 5 heteroatoms. The maximum Gasteiger partial charge on any atom is 0.266 e. The summed E-state index contributed by atoms with van der Waals surface area (Å²) in [5.74, 6) is -2.60. The molecule has 0 saturated carbocycles. The van der Waals surface area contributed by atoms with E-state index in [0.717, 1.165) is 28.9 Å². The van der Waals surface area contributed by atoms with Gasteiger partial charge in [-0.25, -0.2) is 8.78 Å². The zero-order valence-corrected chi connectivity index (χ0v) is 12.4. The molecular formula is C17H18F2N2O. The summed E-state index contributed by atoms with van der Waals surface area (Å²) in [4.78, 5) is 16.1. The van der Waals surface area contributed by atoms with Gasteiger partial charge in [-0.3, -0.25) is 4.79 Å². The van der Waals surface area contributed by atoms with Crippen LogP contribution in [-0.2, 0) is 6.42 Å². The van der Waals surface area contributed by atoms with Crippen LogP contribution < -0.4 is 10.5 Å². The van der Waals surface area contributed by atoms with Gasteiger partial charge in [0.2, 0.25) is 5.56 Å². The Kier molecular flexibility index (Phi) is 3.72. The Labute approximate surface area is 127 Å². The summed E-state index contributed by atoms with van der Waals surface area (Å²) in [5, 5.41) is 0. The van der Waals surface area contributed by atoms with Gasteiger partial charge in [0.05, 0.1) is 12.2 Å². The van der Waals surface area contributed by atoms with Crippen molar-refractivity contribution in [2.45, 2.75) is 25.7 Å². The SMILES string of the molecule is CCc1ccc(=O)[nH]c1-c1ccc(N2CCC(F)(F)C2)cc1. The van der Waals surface area contributed by atoms with Gasteiger partial charge in [0.15, 0.2) is 0 Å². The number of aromatic nitrogens is 1. The van der Waals surface area contributed by atoms with Crippen LogP contribution in [0.3, 0.4) is 0 Å². The normalized spacial score (nSPS) is 17.0. The lowest BCUT2D eigenvalue weighted by molar-refractivity contribution is 0.0257. The molecule has 1 N–H and O–H groups in total. The van der Waals surface area contributed by atoms with Crippen LogP contribution in [0.15, 0.2) is 41.2 Å². The molecule has 1 aliphatic rings. The number of H-pyrrole nitrogens is 1. The van der Waals surface area contributed by atoms with Crippen LogP contribution in [0.25, 0.3) is 11.3 Å². The average Bonchev–Trinajstić information content (AvgIpc) is 2.87. The maximum absolute atomic E-state index is 13.3. The first kappa shape index (κ1) is 14.8. The number of halogens is 2. The third-order valence-corrected chi connectivity index (χ3v) is 4.08. The van der Waals surface area contributed by atoms with Crippen molar-refractivity contribution in [1.82, 2.24) is 4.98 Å². The number of nitrogens with one attached hydrogen (secondary N) is 1. The van der Waals surface area contributed by atoms with E-state index in [0.29, 0.717) is 6.54 Å². The Morgan fingerprint density at radius 1 is 1.18 bits per heavy atom. The van der Waals surface area contributed by atoms with E-state index in [1.807, 2.05) is 37.3 Å². The highest BCUT2D eigenvalue weighted by molar-refractivity contribution is 5.66. The zero-order valence-electron chi connectivity index (χ0n) is 12.4. The second-order valence-corrected chi connectivity index (χ2v) is 5.65. The lowest BCUT2D eigenvalue weighted by Gasteiger charge is -2.18. The maximum atomic E-state index is 13.3. The first-order chi connectivity index (χ1) is 10.5. The molecule has 2 aromatic rings.